The first-order valence-corrected chi connectivity index (χ1v) is 8.23. The van der Waals surface area contributed by atoms with Crippen LogP contribution in [0, 0.1) is 0 Å². The van der Waals surface area contributed by atoms with Crippen molar-refractivity contribution in [2.24, 2.45) is 0 Å². The Kier molecular flexibility index (Phi) is 6.21. The van der Waals surface area contributed by atoms with Gasteiger partial charge in [-0.05, 0) is 32.8 Å². The highest BCUT2D eigenvalue weighted by Crippen LogP contribution is 2.23. The van der Waals surface area contributed by atoms with Crippen LogP contribution in [0.2, 0.25) is 5.02 Å². The van der Waals surface area contributed by atoms with Crippen LogP contribution in [0.15, 0.2) is 12.3 Å². The molecule has 0 bridgehead atoms. The van der Waals surface area contributed by atoms with Crippen LogP contribution < -0.4 is 10.1 Å². The maximum absolute atomic E-state index is 12.1. The van der Waals surface area contributed by atoms with Gasteiger partial charge in [-0.3, -0.25) is 9.59 Å². The van der Waals surface area contributed by atoms with E-state index in [2.05, 4.69) is 10.3 Å². The third-order valence-electron chi connectivity index (χ3n) is 3.48. The van der Waals surface area contributed by atoms with Gasteiger partial charge in [-0.15, -0.1) is 0 Å². The Morgan fingerprint density at radius 3 is 2.91 bits per heavy atom. The standard InChI is InChI=1S/C16H22ClN3O3/c1-11(2)23-16-13(17)9-12(10-19-16)15(22)18-6-4-8-20-7-3-5-14(20)21/h9-11H,3-8H2,1-2H3,(H,18,22). The first-order valence-electron chi connectivity index (χ1n) is 7.85. The van der Waals surface area contributed by atoms with Gasteiger partial charge in [0.05, 0.1) is 11.7 Å². The summed E-state index contributed by atoms with van der Waals surface area (Å²) in [5.41, 5.74) is 0.392. The quantitative estimate of drug-likeness (QED) is 0.773. The van der Waals surface area contributed by atoms with E-state index in [1.165, 1.54) is 6.20 Å². The molecule has 1 aliphatic heterocycles. The van der Waals surface area contributed by atoms with Crippen LogP contribution in [-0.4, -0.2) is 47.4 Å². The Balaban J connectivity index is 1.79. The number of amides is 2. The maximum atomic E-state index is 12.1. The SMILES string of the molecule is CC(C)Oc1ncc(C(=O)NCCCN2CCCC2=O)cc1Cl. The molecule has 23 heavy (non-hydrogen) atoms. The number of carbonyl (C=O) groups is 2. The van der Waals surface area contributed by atoms with E-state index in [9.17, 15) is 9.59 Å². The smallest absolute Gasteiger partial charge is 0.252 e. The number of nitrogens with one attached hydrogen (secondary N) is 1. The maximum Gasteiger partial charge on any atom is 0.252 e. The van der Waals surface area contributed by atoms with Gasteiger partial charge in [0.2, 0.25) is 11.8 Å². The molecule has 1 saturated heterocycles. The van der Waals surface area contributed by atoms with E-state index >= 15 is 0 Å². The van der Waals surface area contributed by atoms with Crippen LogP contribution in [0.3, 0.4) is 0 Å². The van der Waals surface area contributed by atoms with Gasteiger partial charge in [0, 0.05) is 32.3 Å². The van der Waals surface area contributed by atoms with Gasteiger partial charge in [-0.1, -0.05) is 11.6 Å². The number of hydrogen-bond donors (Lipinski definition) is 1. The summed E-state index contributed by atoms with van der Waals surface area (Å²) < 4.78 is 5.43. The molecule has 0 aromatic carbocycles. The average Bonchev–Trinajstić information content (AvgIpc) is 2.90. The van der Waals surface area contributed by atoms with Crippen molar-refractivity contribution in [2.75, 3.05) is 19.6 Å². The van der Waals surface area contributed by atoms with Crippen molar-refractivity contribution in [3.63, 3.8) is 0 Å². The highest BCUT2D eigenvalue weighted by atomic mass is 35.5. The molecule has 1 aromatic heterocycles. The van der Waals surface area contributed by atoms with E-state index in [0.29, 0.717) is 36.0 Å². The molecule has 7 heteroatoms. The molecule has 0 spiro atoms. The number of pyridine rings is 1. The Morgan fingerprint density at radius 2 is 2.30 bits per heavy atom. The van der Waals surface area contributed by atoms with E-state index in [1.54, 1.807) is 6.07 Å². The average molecular weight is 340 g/mol. The highest BCUT2D eigenvalue weighted by molar-refractivity contribution is 6.32. The minimum Gasteiger partial charge on any atom is -0.474 e. The topological polar surface area (TPSA) is 71.5 Å². The van der Waals surface area contributed by atoms with E-state index in [0.717, 1.165) is 19.4 Å². The van der Waals surface area contributed by atoms with Gasteiger partial charge in [0.1, 0.15) is 5.02 Å². The van der Waals surface area contributed by atoms with Crippen molar-refractivity contribution < 1.29 is 14.3 Å². The summed E-state index contributed by atoms with van der Waals surface area (Å²) in [5, 5.41) is 3.12. The van der Waals surface area contributed by atoms with Gasteiger partial charge in [0.25, 0.3) is 5.91 Å². The third kappa shape index (κ3) is 5.10. The number of hydrogen-bond acceptors (Lipinski definition) is 4. The molecule has 1 aromatic rings. The van der Waals surface area contributed by atoms with Crippen molar-refractivity contribution in [1.82, 2.24) is 15.2 Å². The first kappa shape index (κ1) is 17.5. The van der Waals surface area contributed by atoms with Crippen LogP contribution in [0.5, 0.6) is 5.88 Å². The second-order valence-corrected chi connectivity index (χ2v) is 6.18. The second kappa shape index (κ2) is 8.15. The van der Waals surface area contributed by atoms with Gasteiger partial charge in [0.15, 0.2) is 0 Å². The lowest BCUT2D eigenvalue weighted by Crippen LogP contribution is -2.30. The number of rotatable bonds is 7. The Morgan fingerprint density at radius 1 is 1.52 bits per heavy atom. The summed E-state index contributed by atoms with van der Waals surface area (Å²) in [6.45, 7) is 5.76. The van der Waals surface area contributed by atoms with Crippen LogP contribution in [0.4, 0.5) is 0 Å². The molecule has 1 N–H and O–H groups in total. The zero-order valence-electron chi connectivity index (χ0n) is 13.5. The van der Waals surface area contributed by atoms with Gasteiger partial charge in [-0.2, -0.15) is 0 Å². The number of aromatic nitrogens is 1. The molecule has 1 aliphatic rings. The predicted molar refractivity (Wildman–Crippen MR) is 87.8 cm³/mol. The molecule has 2 heterocycles. The molecule has 2 amide bonds. The summed E-state index contributed by atoms with van der Waals surface area (Å²) in [5.74, 6) is 0.294. The summed E-state index contributed by atoms with van der Waals surface area (Å²) in [4.78, 5) is 29.4. The molecule has 6 nitrogen and oxygen atoms in total. The summed E-state index contributed by atoms with van der Waals surface area (Å²) in [6.07, 6.45) is 3.71. The van der Waals surface area contributed by atoms with Crippen LogP contribution in [0.25, 0.3) is 0 Å². The minimum absolute atomic E-state index is 0.0343. The third-order valence-corrected chi connectivity index (χ3v) is 3.75. The van der Waals surface area contributed by atoms with E-state index in [-0.39, 0.29) is 17.9 Å². The fraction of sp³-hybridized carbons (Fsp3) is 0.562. The zero-order chi connectivity index (χ0) is 16.8. The Bertz CT molecular complexity index is 578. The normalized spacial score (nSPS) is 14.4. The lowest BCUT2D eigenvalue weighted by Gasteiger charge is -2.15. The first-order chi connectivity index (χ1) is 11.0. The second-order valence-electron chi connectivity index (χ2n) is 5.77. The van der Waals surface area contributed by atoms with E-state index in [1.807, 2.05) is 18.7 Å². The fourth-order valence-electron chi connectivity index (χ4n) is 2.37. The molecular weight excluding hydrogens is 318 g/mol. The van der Waals surface area contributed by atoms with Gasteiger partial charge in [-0.25, -0.2) is 4.98 Å². The van der Waals surface area contributed by atoms with Crippen molar-refractivity contribution in [1.29, 1.82) is 0 Å². The molecule has 0 atom stereocenters. The zero-order valence-corrected chi connectivity index (χ0v) is 14.2. The van der Waals surface area contributed by atoms with E-state index in [4.69, 9.17) is 16.3 Å². The number of nitrogens with zero attached hydrogens (tertiary/aromatic N) is 2. The van der Waals surface area contributed by atoms with Crippen LogP contribution in [-0.2, 0) is 4.79 Å². The number of likely N-dealkylation sites (tertiary alicyclic amines) is 1. The Labute approximate surface area is 141 Å². The number of halogens is 1. The Hall–Kier alpha value is -1.82. The lowest BCUT2D eigenvalue weighted by atomic mass is 10.2. The summed E-state index contributed by atoms with van der Waals surface area (Å²) >= 11 is 6.07. The predicted octanol–water partition coefficient (Wildman–Crippen LogP) is 2.26. The minimum atomic E-state index is -0.233. The van der Waals surface area contributed by atoms with E-state index < -0.39 is 0 Å². The number of ether oxygens (including phenoxy) is 1. The van der Waals surface area contributed by atoms with Crippen molar-refractivity contribution >= 4 is 23.4 Å². The molecule has 0 radical (unpaired) electrons. The molecule has 0 aliphatic carbocycles. The largest absolute Gasteiger partial charge is 0.474 e. The summed E-state index contributed by atoms with van der Waals surface area (Å²) in [7, 11) is 0. The van der Waals surface area contributed by atoms with Crippen LogP contribution >= 0.6 is 11.6 Å². The monoisotopic (exact) mass is 339 g/mol. The van der Waals surface area contributed by atoms with Gasteiger partial charge < -0.3 is 15.0 Å². The highest BCUT2D eigenvalue weighted by Gasteiger charge is 2.19. The lowest BCUT2D eigenvalue weighted by molar-refractivity contribution is -0.127. The van der Waals surface area contributed by atoms with Crippen molar-refractivity contribution in [2.45, 2.75) is 39.2 Å². The molecule has 2 rings (SSSR count). The molecular formula is C16H22ClN3O3. The molecule has 0 saturated carbocycles. The van der Waals surface area contributed by atoms with Crippen molar-refractivity contribution in [3.05, 3.63) is 22.8 Å². The van der Waals surface area contributed by atoms with Crippen LogP contribution in [0.1, 0.15) is 43.5 Å². The fourth-order valence-corrected chi connectivity index (χ4v) is 2.58. The molecule has 0 unspecified atom stereocenters. The number of carbonyl (C=O) groups excluding carboxylic acids is 2. The van der Waals surface area contributed by atoms with Crippen molar-refractivity contribution in [3.8, 4) is 5.88 Å². The van der Waals surface area contributed by atoms with Gasteiger partial charge >= 0.3 is 0 Å². The molecule has 1 fully saturated rings. The summed E-state index contributed by atoms with van der Waals surface area (Å²) in [6, 6.07) is 1.55. The molecule has 126 valence electrons.